The van der Waals surface area contributed by atoms with E-state index in [0.29, 0.717) is 24.0 Å². The van der Waals surface area contributed by atoms with Crippen molar-refractivity contribution in [2.24, 2.45) is 5.92 Å². The van der Waals surface area contributed by atoms with Crippen LogP contribution in [0.25, 0.3) is 0 Å². The first-order valence-corrected chi connectivity index (χ1v) is 9.03. The predicted molar refractivity (Wildman–Crippen MR) is 93.1 cm³/mol. The lowest BCUT2D eigenvalue weighted by Gasteiger charge is -2.27. The molecule has 1 saturated heterocycles. The van der Waals surface area contributed by atoms with Crippen LogP contribution in [0.1, 0.15) is 43.7 Å². The van der Waals surface area contributed by atoms with E-state index in [1.165, 1.54) is 12.8 Å². The lowest BCUT2D eigenvalue weighted by molar-refractivity contribution is 0.0290. The summed E-state index contributed by atoms with van der Waals surface area (Å²) in [5, 5.41) is 16.8. The van der Waals surface area contributed by atoms with Gasteiger partial charge in [-0.15, -0.1) is 0 Å². The minimum Gasteiger partial charge on any atom is -0.386 e. The van der Waals surface area contributed by atoms with Gasteiger partial charge in [0, 0.05) is 18.1 Å². The fourth-order valence-corrected chi connectivity index (χ4v) is 3.84. The van der Waals surface area contributed by atoms with Gasteiger partial charge in [0.25, 0.3) is 0 Å². The summed E-state index contributed by atoms with van der Waals surface area (Å²) < 4.78 is 5.20. The van der Waals surface area contributed by atoms with Gasteiger partial charge in [0.1, 0.15) is 5.60 Å². The maximum atomic E-state index is 12.4. The highest BCUT2D eigenvalue weighted by atomic mass is 35.5. The maximum absolute atomic E-state index is 12.4. The number of urea groups is 1. The fraction of sp³-hybridized carbons (Fsp3) is 0.611. The van der Waals surface area contributed by atoms with Crippen molar-refractivity contribution < 1.29 is 14.6 Å². The zero-order chi connectivity index (χ0) is 17.0. The van der Waals surface area contributed by atoms with Crippen molar-refractivity contribution in [2.75, 3.05) is 19.8 Å². The SMILES string of the molecule is O=C(NCC1(O)CCOC1)NC(c1cccc(Cl)c1)C1CCCC1. The van der Waals surface area contributed by atoms with Crippen LogP contribution < -0.4 is 10.6 Å². The number of ether oxygens (including phenoxy) is 1. The van der Waals surface area contributed by atoms with E-state index >= 15 is 0 Å². The van der Waals surface area contributed by atoms with Crippen molar-refractivity contribution in [3.8, 4) is 0 Å². The van der Waals surface area contributed by atoms with Gasteiger partial charge in [0.2, 0.25) is 0 Å². The lowest BCUT2D eigenvalue weighted by Crippen LogP contribution is -2.48. The van der Waals surface area contributed by atoms with Crippen molar-refractivity contribution >= 4 is 17.6 Å². The van der Waals surface area contributed by atoms with Crippen LogP contribution in [0.2, 0.25) is 5.02 Å². The number of carbonyl (C=O) groups excluding carboxylic acids is 1. The van der Waals surface area contributed by atoms with Gasteiger partial charge in [-0.1, -0.05) is 36.6 Å². The van der Waals surface area contributed by atoms with Crippen molar-refractivity contribution in [3.63, 3.8) is 0 Å². The number of aliphatic hydroxyl groups is 1. The van der Waals surface area contributed by atoms with Gasteiger partial charge in [-0.2, -0.15) is 0 Å². The zero-order valence-corrected chi connectivity index (χ0v) is 14.5. The molecule has 2 unspecified atom stereocenters. The molecule has 2 aliphatic rings. The van der Waals surface area contributed by atoms with Gasteiger partial charge in [0.05, 0.1) is 19.2 Å². The molecule has 132 valence electrons. The normalized spacial score (nSPS) is 25.6. The minimum absolute atomic E-state index is 0.0549. The molecule has 24 heavy (non-hydrogen) atoms. The summed E-state index contributed by atoms with van der Waals surface area (Å²) in [6.45, 7) is 1.01. The molecule has 0 spiro atoms. The Labute approximate surface area is 147 Å². The first-order chi connectivity index (χ1) is 11.6. The largest absolute Gasteiger partial charge is 0.386 e. The summed E-state index contributed by atoms with van der Waals surface area (Å²) >= 11 is 6.12. The molecule has 2 fully saturated rings. The molecule has 1 saturated carbocycles. The van der Waals surface area contributed by atoms with E-state index in [0.717, 1.165) is 18.4 Å². The van der Waals surface area contributed by atoms with Crippen LogP contribution in [-0.2, 0) is 4.74 Å². The minimum atomic E-state index is -0.948. The highest BCUT2D eigenvalue weighted by molar-refractivity contribution is 6.30. The van der Waals surface area contributed by atoms with Crippen LogP contribution >= 0.6 is 11.6 Å². The fourth-order valence-electron chi connectivity index (χ4n) is 3.64. The quantitative estimate of drug-likeness (QED) is 0.762. The van der Waals surface area contributed by atoms with E-state index in [1.54, 1.807) is 0 Å². The molecule has 3 N–H and O–H groups in total. The van der Waals surface area contributed by atoms with Crippen molar-refractivity contribution in [2.45, 2.75) is 43.7 Å². The van der Waals surface area contributed by atoms with Gasteiger partial charge in [-0.3, -0.25) is 0 Å². The van der Waals surface area contributed by atoms with E-state index in [4.69, 9.17) is 16.3 Å². The monoisotopic (exact) mass is 352 g/mol. The topological polar surface area (TPSA) is 70.6 Å². The standard InChI is InChI=1S/C18H25ClN2O3/c19-15-7-3-6-14(10-15)16(13-4-1-2-5-13)21-17(22)20-11-18(23)8-9-24-12-18/h3,6-7,10,13,16,23H,1-2,4-5,8-9,11-12H2,(H2,20,21,22). The van der Waals surface area contributed by atoms with Crippen molar-refractivity contribution in [3.05, 3.63) is 34.9 Å². The Balaban J connectivity index is 1.63. The Bertz CT molecular complexity index is 569. The Kier molecular flexibility index (Phi) is 5.64. The molecule has 1 aliphatic heterocycles. The molecule has 2 amide bonds. The van der Waals surface area contributed by atoms with Gasteiger partial charge in [-0.05, 0) is 36.5 Å². The van der Waals surface area contributed by atoms with Crippen LogP contribution in [-0.4, -0.2) is 36.5 Å². The van der Waals surface area contributed by atoms with Crippen LogP contribution in [0.3, 0.4) is 0 Å². The molecule has 0 bridgehead atoms. The van der Waals surface area contributed by atoms with E-state index < -0.39 is 5.60 Å². The molecule has 1 aromatic carbocycles. The number of halogens is 1. The molecule has 0 aromatic heterocycles. The first-order valence-electron chi connectivity index (χ1n) is 8.66. The lowest BCUT2D eigenvalue weighted by atomic mass is 9.92. The highest BCUT2D eigenvalue weighted by Crippen LogP contribution is 2.36. The number of hydrogen-bond acceptors (Lipinski definition) is 3. The summed E-state index contributed by atoms with van der Waals surface area (Å²) in [6, 6.07) is 7.37. The number of nitrogens with one attached hydrogen (secondary N) is 2. The molecule has 6 heteroatoms. The molecule has 3 rings (SSSR count). The Morgan fingerprint density at radius 2 is 2.21 bits per heavy atom. The van der Waals surface area contributed by atoms with Gasteiger partial charge < -0.3 is 20.5 Å². The second-order valence-corrected chi connectivity index (χ2v) is 7.37. The van der Waals surface area contributed by atoms with Gasteiger partial charge in [0.15, 0.2) is 0 Å². The summed E-state index contributed by atoms with van der Waals surface area (Å²) in [4.78, 5) is 12.4. The van der Waals surface area contributed by atoms with Gasteiger partial charge >= 0.3 is 6.03 Å². The van der Waals surface area contributed by atoms with E-state index in [2.05, 4.69) is 10.6 Å². The number of benzene rings is 1. The molecule has 1 aromatic rings. The number of carbonyl (C=O) groups is 1. The third-order valence-corrected chi connectivity index (χ3v) is 5.26. The number of hydrogen-bond donors (Lipinski definition) is 3. The van der Waals surface area contributed by atoms with E-state index in [9.17, 15) is 9.90 Å². The smallest absolute Gasteiger partial charge is 0.315 e. The molecule has 1 heterocycles. The van der Waals surface area contributed by atoms with Crippen LogP contribution in [0.5, 0.6) is 0 Å². The molecule has 2 atom stereocenters. The van der Waals surface area contributed by atoms with Gasteiger partial charge in [-0.25, -0.2) is 4.79 Å². The van der Waals surface area contributed by atoms with Crippen LogP contribution in [0, 0.1) is 5.92 Å². The van der Waals surface area contributed by atoms with Crippen molar-refractivity contribution in [1.29, 1.82) is 0 Å². The second-order valence-electron chi connectivity index (χ2n) is 6.93. The summed E-state index contributed by atoms with van der Waals surface area (Å²) in [5.74, 6) is 0.423. The molecule has 0 radical (unpaired) electrons. The number of amides is 2. The molecular formula is C18H25ClN2O3. The average Bonchev–Trinajstić information content (AvgIpc) is 3.23. The van der Waals surface area contributed by atoms with E-state index in [1.807, 2.05) is 24.3 Å². The number of rotatable bonds is 5. The highest BCUT2D eigenvalue weighted by Gasteiger charge is 2.33. The van der Waals surface area contributed by atoms with E-state index in [-0.39, 0.29) is 25.2 Å². The molecular weight excluding hydrogens is 328 g/mol. The third kappa shape index (κ3) is 4.41. The average molecular weight is 353 g/mol. The van der Waals surface area contributed by atoms with Crippen LogP contribution in [0.4, 0.5) is 4.79 Å². The summed E-state index contributed by atoms with van der Waals surface area (Å²) in [5.41, 5.74) is 0.0865. The second kappa shape index (κ2) is 7.72. The maximum Gasteiger partial charge on any atom is 0.315 e. The third-order valence-electron chi connectivity index (χ3n) is 5.03. The van der Waals surface area contributed by atoms with Crippen molar-refractivity contribution in [1.82, 2.24) is 10.6 Å². The Hall–Kier alpha value is -1.30. The zero-order valence-electron chi connectivity index (χ0n) is 13.8. The predicted octanol–water partition coefficient (Wildman–Crippen LogP) is 3.02. The Morgan fingerprint density at radius 1 is 1.42 bits per heavy atom. The molecule has 5 nitrogen and oxygen atoms in total. The Morgan fingerprint density at radius 3 is 2.88 bits per heavy atom. The molecule has 1 aliphatic carbocycles. The summed E-state index contributed by atoms with van der Waals surface area (Å²) in [6.07, 6.45) is 5.16. The van der Waals surface area contributed by atoms with Crippen LogP contribution in [0.15, 0.2) is 24.3 Å². The first kappa shape index (κ1) is 17.5. The summed E-state index contributed by atoms with van der Waals surface area (Å²) in [7, 11) is 0.